The first-order valence-corrected chi connectivity index (χ1v) is 4.80. The highest BCUT2D eigenvalue weighted by Crippen LogP contribution is 2.12. The fraction of sp³-hybridized carbons (Fsp3) is 0.300. The van der Waals surface area contributed by atoms with Crippen LogP contribution in [0, 0.1) is 17.2 Å². The molecule has 0 saturated heterocycles. The Hall–Kier alpha value is -1.60. The van der Waals surface area contributed by atoms with Gasteiger partial charge >= 0.3 is 0 Å². The van der Waals surface area contributed by atoms with Crippen LogP contribution in [-0.4, -0.2) is 17.4 Å². The van der Waals surface area contributed by atoms with Crippen LogP contribution in [0.5, 0.6) is 0 Å². The molecule has 0 bridgehead atoms. The van der Waals surface area contributed by atoms with Crippen molar-refractivity contribution in [2.75, 3.05) is 6.54 Å². The number of pyridine rings is 1. The zero-order chi connectivity index (χ0) is 11.3. The van der Waals surface area contributed by atoms with Crippen LogP contribution in [0.25, 0.3) is 0 Å². The maximum Gasteiger partial charge on any atom is 0.252 e. The van der Waals surface area contributed by atoms with Crippen molar-refractivity contribution in [1.29, 1.82) is 5.26 Å². The second-order valence-corrected chi connectivity index (χ2v) is 3.50. The molecule has 1 aromatic heterocycles. The van der Waals surface area contributed by atoms with Crippen molar-refractivity contribution in [1.82, 2.24) is 10.3 Å². The highest BCUT2D eigenvalue weighted by molar-refractivity contribution is 6.33. The Morgan fingerprint density at radius 2 is 2.53 bits per heavy atom. The summed E-state index contributed by atoms with van der Waals surface area (Å²) in [5, 5.41) is 11.5. The number of carbonyl (C=O) groups is 1. The number of nitrogens with zero attached hydrogens (tertiary/aromatic N) is 2. The van der Waals surface area contributed by atoms with E-state index >= 15 is 0 Å². The molecule has 0 radical (unpaired) electrons. The molecule has 1 atom stereocenters. The summed E-state index contributed by atoms with van der Waals surface area (Å²) in [6.45, 7) is 2.04. The van der Waals surface area contributed by atoms with Crippen LogP contribution in [0.3, 0.4) is 0 Å². The SMILES string of the molecule is CC(C#N)CNC(=O)c1ccncc1Cl. The molecule has 1 rings (SSSR count). The number of rotatable bonds is 3. The third-order valence-electron chi connectivity index (χ3n) is 1.81. The molecule has 0 aliphatic heterocycles. The highest BCUT2D eigenvalue weighted by atomic mass is 35.5. The molecule has 4 nitrogen and oxygen atoms in total. The molecule has 1 aromatic rings. The zero-order valence-electron chi connectivity index (χ0n) is 8.20. The van der Waals surface area contributed by atoms with E-state index < -0.39 is 0 Å². The molecule has 0 fully saturated rings. The van der Waals surface area contributed by atoms with Crippen molar-refractivity contribution >= 4 is 17.5 Å². The molecule has 0 aliphatic carbocycles. The number of amides is 1. The van der Waals surface area contributed by atoms with E-state index in [1.165, 1.54) is 18.5 Å². The molecular weight excluding hydrogens is 214 g/mol. The van der Waals surface area contributed by atoms with Crippen LogP contribution < -0.4 is 5.32 Å². The lowest BCUT2D eigenvalue weighted by Crippen LogP contribution is -2.28. The molecule has 15 heavy (non-hydrogen) atoms. The van der Waals surface area contributed by atoms with Crippen LogP contribution in [0.4, 0.5) is 0 Å². The lowest BCUT2D eigenvalue weighted by Gasteiger charge is -2.06. The first-order valence-electron chi connectivity index (χ1n) is 4.42. The smallest absolute Gasteiger partial charge is 0.252 e. The van der Waals surface area contributed by atoms with Gasteiger partial charge in [0.15, 0.2) is 0 Å². The van der Waals surface area contributed by atoms with Crippen LogP contribution >= 0.6 is 11.6 Å². The number of hydrogen-bond donors (Lipinski definition) is 1. The van der Waals surface area contributed by atoms with E-state index in [4.69, 9.17) is 16.9 Å². The summed E-state index contributed by atoms with van der Waals surface area (Å²) in [6.07, 6.45) is 2.90. The van der Waals surface area contributed by atoms with Gasteiger partial charge in [0.05, 0.1) is 22.6 Å². The normalized spacial score (nSPS) is 11.5. The Balaban J connectivity index is 2.63. The van der Waals surface area contributed by atoms with E-state index in [1.54, 1.807) is 6.92 Å². The average Bonchev–Trinajstić information content (AvgIpc) is 2.26. The average molecular weight is 224 g/mol. The van der Waals surface area contributed by atoms with E-state index in [2.05, 4.69) is 10.3 Å². The third kappa shape index (κ3) is 3.22. The molecule has 0 saturated carbocycles. The van der Waals surface area contributed by atoms with Gasteiger partial charge in [0.2, 0.25) is 0 Å². The Bertz CT molecular complexity index is 400. The van der Waals surface area contributed by atoms with Crippen LogP contribution in [0.1, 0.15) is 17.3 Å². The lowest BCUT2D eigenvalue weighted by atomic mass is 10.2. The minimum Gasteiger partial charge on any atom is -0.351 e. The Kier molecular flexibility index (Phi) is 4.07. The van der Waals surface area contributed by atoms with Gasteiger partial charge in [-0.05, 0) is 13.0 Å². The Morgan fingerprint density at radius 1 is 1.80 bits per heavy atom. The molecule has 1 amide bonds. The van der Waals surface area contributed by atoms with E-state index in [1.807, 2.05) is 6.07 Å². The molecule has 0 aliphatic rings. The van der Waals surface area contributed by atoms with Gasteiger partial charge < -0.3 is 5.32 Å². The highest BCUT2D eigenvalue weighted by Gasteiger charge is 2.10. The summed E-state index contributed by atoms with van der Waals surface area (Å²) in [5.41, 5.74) is 0.372. The van der Waals surface area contributed by atoms with Crippen molar-refractivity contribution in [2.24, 2.45) is 5.92 Å². The van der Waals surface area contributed by atoms with Crippen LogP contribution in [-0.2, 0) is 0 Å². The standard InChI is InChI=1S/C10H10ClN3O/c1-7(4-12)5-14-10(15)8-2-3-13-6-9(8)11/h2-3,6-7H,5H2,1H3,(H,14,15). The van der Waals surface area contributed by atoms with Gasteiger partial charge in [0, 0.05) is 18.9 Å². The van der Waals surface area contributed by atoms with Crippen molar-refractivity contribution in [3.63, 3.8) is 0 Å². The van der Waals surface area contributed by atoms with Crippen LogP contribution in [0.15, 0.2) is 18.5 Å². The van der Waals surface area contributed by atoms with Crippen molar-refractivity contribution in [3.05, 3.63) is 29.0 Å². The first kappa shape index (κ1) is 11.5. The molecule has 1 unspecified atom stereocenters. The van der Waals surface area contributed by atoms with E-state index in [-0.39, 0.29) is 11.8 Å². The van der Waals surface area contributed by atoms with Gasteiger partial charge in [0.1, 0.15) is 0 Å². The quantitative estimate of drug-likeness (QED) is 0.847. The third-order valence-corrected chi connectivity index (χ3v) is 2.11. The van der Waals surface area contributed by atoms with Gasteiger partial charge in [-0.25, -0.2) is 0 Å². The van der Waals surface area contributed by atoms with E-state index in [9.17, 15) is 4.79 Å². The van der Waals surface area contributed by atoms with Crippen molar-refractivity contribution in [2.45, 2.75) is 6.92 Å². The fourth-order valence-electron chi connectivity index (χ4n) is 0.946. The monoisotopic (exact) mass is 223 g/mol. The van der Waals surface area contributed by atoms with Gasteiger partial charge in [-0.2, -0.15) is 5.26 Å². The molecule has 1 N–H and O–H groups in total. The molecule has 78 valence electrons. The molecular formula is C10H10ClN3O. The number of carbonyl (C=O) groups excluding carboxylic acids is 1. The van der Waals surface area contributed by atoms with E-state index in [0.29, 0.717) is 17.1 Å². The number of nitrogens with one attached hydrogen (secondary N) is 1. The lowest BCUT2D eigenvalue weighted by molar-refractivity contribution is 0.0951. The van der Waals surface area contributed by atoms with Gasteiger partial charge in [-0.1, -0.05) is 11.6 Å². The first-order chi connectivity index (χ1) is 7.15. The van der Waals surface area contributed by atoms with Gasteiger partial charge in [-0.3, -0.25) is 9.78 Å². The van der Waals surface area contributed by atoms with Gasteiger partial charge in [0.25, 0.3) is 5.91 Å². The minimum atomic E-state index is -0.287. The molecule has 5 heteroatoms. The number of halogens is 1. The summed E-state index contributed by atoms with van der Waals surface area (Å²) in [7, 11) is 0. The maximum absolute atomic E-state index is 11.6. The van der Waals surface area contributed by atoms with Crippen molar-refractivity contribution in [3.8, 4) is 6.07 Å². The second-order valence-electron chi connectivity index (χ2n) is 3.10. The zero-order valence-corrected chi connectivity index (χ0v) is 8.95. The summed E-state index contributed by atoms with van der Waals surface area (Å²) < 4.78 is 0. The van der Waals surface area contributed by atoms with Crippen molar-refractivity contribution < 1.29 is 4.79 Å². The molecule has 0 aromatic carbocycles. The Morgan fingerprint density at radius 3 is 3.13 bits per heavy atom. The minimum absolute atomic E-state index is 0.213. The number of aromatic nitrogens is 1. The summed E-state index contributed by atoms with van der Waals surface area (Å²) in [4.78, 5) is 15.3. The summed E-state index contributed by atoms with van der Waals surface area (Å²) >= 11 is 5.78. The number of hydrogen-bond acceptors (Lipinski definition) is 3. The molecule has 0 spiro atoms. The summed E-state index contributed by atoms with van der Waals surface area (Å²) in [6, 6.07) is 3.56. The topological polar surface area (TPSA) is 65.8 Å². The number of nitriles is 1. The predicted molar refractivity (Wildman–Crippen MR) is 56.4 cm³/mol. The fourth-order valence-corrected chi connectivity index (χ4v) is 1.15. The van der Waals surface area contributed by atoms with Crippen LogP contribution in [0.2, 0.25) is 5.02 Å². The Labute approximate surface area is 92.9 Å². The second kappa shape index (κ2) is 5.32. The largest absolute Gasteiger partial charge is 0.351 e. The summed E-state index contributed by atoms with van der Waals surface area (Å²) in [5.74, 6) is -0.501. The maximum atomic E-state index is 11.6. The van der Waals surface area contributed by atoms with E-state index in [0.717, 1.165) is 0 Å². The molecule has 1 heterocycles. The van der Waals surface area contributed by atoms with Gasteiger partial charge in [-0.15, -0.1) is 0 Å². The predicted octanol–water partition coefficient (Wildman–Crippen LogP) is 1.62.